The van der Waals surface area contributed by atoms with Crippen LogP contribution in [-0.4, -0.2) is 30.8 Å². The number of anilines is 1. The fourth-order valence-electron chi connectivity index (χ4n) is 2.79. The Hall–Kier alpha value is -2.36. The molecule has 0 radical (unpaired) electrons. The first-order chi connectivity index (χ1) is 14.4. The summed E-state index contributed by atoms with van der Waals surface area (Å²) in [4.78, 5) is 46.8. The minimum Gasteiger partial charge on any atom is -0.324 e. The molecular weight excluding hydrogens is 461 g/mol. The highest BCUT2D eigenvalue weighted by Gasteiger charge is 2.24. The fraction of sp³-hybridized carbons (Fsp3) is 0.350. The van der Waals surface area contributed by atoms with Crippen LogP contribution in [0.25, 0.3) is 11.0 Å². The number of nitrogens with one attached hydrogen (secondary N) is 1. The number of hydrogen-bond donors (Lipinski definition) is 1. The van der Waals surface area contributed by atoms with Crippen molar-refractivity contribution in [2.75, 3.05) is 11.1 Å². The Morgan fingerprint density at radius 1 is 1.13 bits per heavy atom. The number of fused-ring (bicyclic) bond motifs is 1. The summed E-state index contributed by atoms with van der Waals surface area (Å²) in [6.07, 6.45) is 0. The third-order valence-electron chi connectivity index (χ3n) is 4.50. The first kappa shape index (κ1) is 23.3. The lowest BCUT2D eigenvalue weighted by Gasteiger charge is -2.19. The number of carbonyl (C=O) groups excluding carboxylic acids is 1. The van der Waals surface area contributed by atoms with Crippen molar-refractivity contribution in [3.63, 3.8) is 0 Å². The SMILES string of the molecule is Cn1c(=O)c2c(SCC(=O)Nc3cccc(Cl)c3Cl)nc(C(C)(C)C)nc2n(C)c1=O. The van der Waals surface area contributed by atoms with Gasteiger partial charge in [-0.15, -0.1) is 0 Å². The zero-order chi connectivity index (χ0) is 23.1. The molecule has 0 saturated heterocycles. The lowest BCUT2D eigenvalue weighted by Crippen LogP contribution is -2.38. The van der Waals surface area contributed by atoms with E-state index in [1.807, 2.05) is 20.8 Å². The summed E-state index contributed by atoms with van der Waals surface area (Å²) in [5, 5.41) is 3.80. The molecule has 1 N–H and O–H groups in total. The van der Waals surface area contributed by atoms with Gasteiger partial charge in [0.25, 0.3) is 5.56 Å². The molecule has 0 unspecified atom stereocenters. The predicted molar refractivity (Wildman–Crippen MR) is 125 cm³/mol. The topological polar surface area (TPSA) is 98.9 Å². The van der Waals surface area contributed by atoms with E-state index in [4.69, 9.17) is 23.2 Å². The van der Waals surface area contributed by atoms with Crippen LogP contribution in [-0.2, 0) is 24.3 Å². The van der Waals surface area contributed by atoms with E-state index in [-0.39, 0.29) is 27.7 Å². The molecule has 3 rings (SSSR count). The molecule has 0 aliphatic carbocycles. The van der Waals surface area contributed by atoms with Gasteiger partial charge >= 0.3 is 5.69 Å². The zero-order valence-corrected chi connectivity index (χ0v) is 19.9. The number of nitrogens with zero attached hydrogens (tertiary/aromatic N) is 4. The van der Waals surface area contributed by atoms with Crippen LogP contribution in [0.3, 0.4) is 0 Å². The van der Waals surface area contributed by atoms with Crippen LogP contribution >= 0.6 is 35.0 Å². The van der Waals surface area contributed by atoms with E-state index in [1.54, 1.807) is 25.2 Å². The molecule has 11 heteroatoms. The lowest BCUT2D eigenvalue weighted by atomic mass is 9.96. The standard InChI is InChI=1S/C20H21Cl2N5O3S/c1-20(2,3)18-24-15-13(17(29)27(5)19(30)26(15)4)16(25-18)31-9-12(28)23-11-8-6-7-10(21)14(11)22/h6-8H,9H2,1-5H3,(H,23,28). The van der Waals surface area contributed by atoms with Gasteiger partial charge < -0.3 is 5.32 Å². The summed E-state index contributed by atoms with van der Waals surface area (Å²) in [6, 6.07) is 4.93. The number of benzene rings is 1. The molecule has 1 aromatic carbocycles. The van der Waals surface area contributed by atoms with Gasteiger partial charge in [0, 0.05) is 19.5 Å². The van der Waals surface area contributed by atoms with E-state index in [0.29, 0.717) is 21.6 Å². The third-order valence-corrected chi connectivity index (χ3v) is 6.30. The van der Waals surface area contributed by atoms with Gasteiger partial charge in [0.1, 0.15) is 16.2 Å². The van der Waals surface area contributed by atoms with Crippen molar-refractivity contribution in [2.24, 2.45) is 14.1 Å². The van der Waals surface area contributed by atoms with Crippen LogP contribution in [0, 0.1) is 0 Å². The molecule has 0 fully saturated rings. The normalized spacial score (nSPS) is 11.7. The smallest absolute Gasteiger partial charge is 0.324 e. The van der Waals surface area contributed by atoms with Gasteiger partial charge in [0.15, 0.2) is 5.65 Å². The van der Waals surface area contributed by atoms with E-state index in [1.165, 1.54) is 11.6 Å². The molecular formula is C20H21Cl2N5O3S. The number of carbonyl (C=O) groups is 1. The van der Waals surface area contributed by atoms with Crippen LogP contribution < -0.4 is 16.6 Å². The van der Waals surface area contributed by atoms with Gasteiger partial charge in [0.05, 0.1) is 21.5 Å². The Balaban J connectivity index is 2.02. The van der Waals surface area contributed by atoms with Crippen LogP contribution in [0.4, 0.5) is 5.69 Å². The molecule has 0 bridgehead atoms. The highest BCUT2D eigenvalue weighted by molar-refractivity contribution is 8.00. The van der Waals surface area contributed by atoms with Gasteiger partial charge in [-0.1, -0.05) is 61.8 Å². The van der Waals surface area contributed by atoms with Crippen LogP contribution in [0.2, 0.25) is 10.0 Å². The largest absolute Gasteiger partial charge is 0.332 e. The highest BCUT2D eigenvalue weighted by atomic mass is 35.5. The maximum atomic E-state index is 12.8. The van der Waals surface area contributed by atoms with Crippen LogP contribution in [0.15, 0.2) is 32.8 Å². The van der Waals surface area contributed by atoms with Crippen molar-refractivity contribution in [1.82, 2.24) is 19.1 Å². The van der Waals surface area contributed by atoms with Gasteiger partial charge in [0.2, 0.25) is 5.91 Å². The number of aromatic nitrogens is 4. The third kappa shape index (κ3) is 4.63. The summed E-state index contributed by atoms with van der Waals surface area (Å²) in [7, 11) is 2.94. The van der Waals surface area contributed by atoms with Gasteiger partial charge in [-0.25, -0.2) is 14.8 Å². The van der Waals surface area contributed by atoms with Crippen LogP contribution in [0.5, 0.6) is 0 Å². The second-order valence-electron chi connectivity index (χ2n) is 7.94. The quantitative estimate of drug-likeness (QED) is 0.452. The zero-order valence-electron chi connectivity index (χ0n) is 17.6. The maximum Gasteiger partial charge on any atom is 0.332 e. The average molecular weight is 482 g/mol. The Morgan fingerprint density at radius 2 is 1.81 bits per heavy atom. The summed E-state index contributed by atoms with van der Waals surface area (Å²) in [5.74, 6) is 0.0776. The number of thioether (sulfide) groups is 1. The molecule has 8 nitrogen and oxygen atoms in total. The number of halogens is 2. The Kier molecular flexibility index (Phi) is 6.50. The van der Waals surface area contributed by atoms with Gasteiger partial charge in [-0.3, -0.25) is 18.7 Å². The molecule has 0 aliphatic heterocycles. The summed E-state index contributed by atoms with van der Waals surface area (Å²) < 4.78 is 2.31. The van der Waals surface area contributed by atoms with Gasteiger partial charge in [-0.05, 0) is 12.1 Å². The molecule has 0 aliphatic rings. The first-order valence-corrected chi connectivity index (χ1v) is 11.0. The number of aryl methyl sites for hydroxylation is 1. The van der Waals surface area contributed by atoms with E-state index in [2.05, 4.69) is 15.3 Å². The van der Waals surface area contributed by atoms with Gasteiger partial charge in [-0.2, -0.15) is 0 Å². The second-order valence-corrected chi connectivity index (χ2v) is 9.69. The maximum absolute atomic E-state index is 12.8. The molecule has 0 saturated carbocycles. The monoisotopic (exact) mass is 481 g/mol. The predicted octanol–water partition coefficient (Wildman–Crippen LogP) is 3.36. The minimum absolute atomic E-state index is 0.0372. The molecule has 3 aromatic rings. The second kappa shape index (κ2) is 8.64. The molecule has 1 amide bonds. The molecule has 2 aromatic heterocycles. The molecule has 0 spiro atoms. The van der Waals surface area contributed by atoms with E-state index in [0.717, 1.165) is 16.3 Å². The van der Waals surface area contributed by atoms with Crippen molar-refractivity contribution >= 4 is 57.6 Å². The Bertz CT molecular complexity index is 1310. The van der Waals surface area contributed by atoms with Crippen LogP contribution in [0.1, 0.15) is 26.6 Å². The molecule has 31 heavy (non-hydrogen) atoms. The Labute approximate surface area is 192 Å². The van der Waals surface area contributed by atoms with E-state index >= 15 is 0 Å². The molecule has 2 heterocycles. The van der Waals surface area contributed by atoms with Crippen molar-refractivity contribution in [3.8, 4) is 0 Å². The number of amides is 1. The molecule has 164 valence electrons. The molecule has 0 atom stereocenters. The van der Waals surface area contributed by atoms with E-state index in [9.17, 15) is 14.4 Å². The highest BCUT2D eigenvalue weighted by Crippen LogP contribution is 2.30. The number of rotatable bonds is 4. The first-order valence-electron chi connectivity index (χ1n) is 9.26. The fourth-order valence-corrected chi connectivity index (χ4v) is 3.95. The lowest BCUT2D eigenvalue weighted by molar-refractivity contribution is -0.113. The summed E-state index contributed by atoms with van der Waals surface area (Å²) >= 11 is 13.2. The van der Waals surface area contributed by atoms with Crippen molar-refractivity contribution in [1.29, 1.82) is 0 Å². The van der Waals surface area contributed by atoms with Crippen molar-refractivity contribution in [2.45, 2.75) is 31.2 Å². The van der Waals surface area contributed by atoms with E-state index < -0.39 is 16.7 Å². The summed E-state index contributed by atoms with van der Waals surface area (Å²) in [6.45, 7) is 5.78. The Morgan fingerprint density at radius 3 is 2.45 bits per heavy atom. The summed E-state index contributed by atoms with van der Waals surface area (Å²) in [5.41, 5.74) is -0.813. The van der Waals surface area contributed by atoms with Crippen molar-refractivity contribution in [3.05, 3.63) is 54.9 Å². The average Bonchev–Trinajstić information content (AvgIpc) is 2.71. The number of hydrogen-bond acceptors (Lipinski definition) is 6. The van der Waals surface area contributed by atoms with Crippen molar-refractivity contribution < 1.29 is 4.79 Å². The minimum atomic E-state index is -0.514.